The van der Waals surface area contributed by atoms with Gasteiger partial charge in [0, 0.05) is 0 Å². The number of carboxylic acid groups (broad SMARTS) is 2. The van der Waals surface area contributed by atoms with E-state index < -0.39 is 30.2 Å². The van der Waals surface area contributed by atoms with E-state index in [9.17, 15) is 14.0 Å². The van der Waals surface area contributed by atoms with Crippen LogP contribution in [0.3, 0.4) is 0 Å². The minimum absolute atomic E-state index is 0.110. The fourth-order valence-electron chi connectivity index (χ4n) is 0.699. The first-order valence-corrected chi connectivity index (χ1v) is 4.08. The van der Waals surface area contributed by atoms with Gasteiger partial charge in [0.25, 0.3) is 0 Å². The lowest BCUT2D eigenvalue weighted by Gasteiger charge is -2.15. The Kier molecular flexibility index (Phi) is 4.89. The Labute approximate surface area is 85.4 Å². The second-order valence-electron chi connectivity index (χ2n) is 3.06. The van der Waals surface area contributed by atoms with E-state index in [1.54, 1.807) is 0 Å². The van der Waals surface area contributed by atoms with Crippen molar-refractivity contribution in [2.24, 2.45) is 11.5 Å². The SMILES string of the molecule is NC(CC=CC(N)(CF)C(=O)O)C(=O)O. The molecule has 0 aliphatic carbocycles. The van der Waals surface area contributed by atoms with Crippen molar-refractivity contribution in [1.29, 1.82) is 0 Å². The van der Waals surface area contributed by atoms with Crippen molar-refractivity contribution >= 4 is 11.9 Å². The van der Waals surface area contributed by atoms with Crippen LogP contribution >= 0.6 is 0 Å². The Morgan fingerprint density at radius 2 is 2.00 bits per heavy atom. The van der Waals surface area contributed by atoms with Crippen molar-refractivity contribution in [2.45, 2.75) is 18.0 Å². The van der Waals surface area contributed by atoms with Gasteiger partial charge >= 0.3 is 11.9 Å². The molecule has 0 rings (SSSR count). The van der Waals surface area contributed by atoms with Gasteiger partial charge in [-0.3, -0.25) is 4.79 Å². The Morgan fingerprint density at radius 1 is 1.47 bits per heavy atom. The maximum Gasteiger partial charge on any atom is 0.330 e. The van der Waals surface area contributed by atoms with Gasteiger partial charge in [-0.2, -0.15) is 0 Å². The quantitative estimate of drug-likeness (QED) is 0.429. The molecule has 86 valence electrons. The molecule has 0 aromatic heterocycles. The normalized spacial score (nSPS) is 17.3. The number of nitrogens with two attached hydrogens (primary N) is 2. The van der Waals surface area contributed by atoms with Crippen molar-refractivity contribution in [1.82, 2.24) is 0 Å². The molecule has 0 aromatic rings. The van der Waals surface area contributed by atoms with E-state index in [0.29, 0.717) is 0 Å². The lowest BCUT2D eigenvalue weighted by Crippen LogP contribution is -2.48. The van der Waals surface area contributed by atoms with Crippen molar-refractivity contribution in [3.8, 4) is 0 Å². The van der Waals surface area contributed by atoms with Crippen LogP contribution in [0, 0.1) is 0 Å². The number of hydrogen-bond donors (Lipinski definition) is 4. The van der Waals surface area contributed by atoms with Crippen LogP contribution in [0.1, 0.15) is 6.42 Å². The summed E-state index contributed by atoms with van der Waals surface area (Å²) in [5.41, 5.74) is 8.17. The molecule has 0 aliphatic rings. The molecule has 0 aliphatic heterocycles. The molecule has 6 nitrogen and oxygen atoms in total. The third-order valence-corrected chi connectivity index (χ3v) is 1.74. The van der Waals surface area contributed by atoms with Gasteiger partial charge in [-0.1, -0.05) is 12.2 Å². The highest BCUT2D eigenvalue weighted by Gasteiger charge is 2.30. The summed E-state index contributed by atoms with van der Waals surface area (Å²) in [6.45, 7) is -1.28. The zero-order valence-corrected chi connectivity index (χ0v) is 7.89. The number of carbonyl (C=O) groups is 2. The molecule has 2 atom stereocenters. The van der Waals surface area contributed by atoms with Gasteiger partial charge in [0.2, 0.25) is 0 Å². The summed E-state index contributed by atoms with van der Waals surface area (Å²) in [7, 11) is 0. The van der Waals surface area contributed by atoms with Gasteiger partial charge in [-0.25, -0.2) is 9.18 Å². The van der Waals surface area contributed by atoms with Gasteiger partial charge in [0.15, 0.2) is 5.54 Å². The third-order valence-electron chi connectivity index (χ3n) is 1.74. The van der Waals surface area contributed by atoms with E-state index in [1.807, 2.05) is 0 Å². The summed E-state index contributed by atoms with van der Waals surface area (Å²) in [6, 6.07) is -1.15. The molecule has 0 fully saturated rings. The molecule has 0 bridgehead atoms. The number of hydrogen-bond acceptors (Lipinski definition) is 4. The number of carboxylic acids is 2. The molecule has 6 N–H and O–H groups in total. The van der Waals surface area contributed by atoms with Crippen LogP contribution in [-0.4, -0.2) is 40.4 Å². The summed E-state index contributed by atoms with van der Waals surface area (Å²) < 4.78 is 12.3. The third kappa shape index (κ3) is 4.05. The number of alkyl halides is 1. The summed E-state index contributed by atoms with van der Waals surface area (Å²) in [5.74, 6) is -2.75. The van der Waals surface area contributed by atoms with E-state index in [2.05, 4.69) is 0 Å². The van der Waals surface area contributed by atoms with E-state index in [0.717, 1.165) is 12.2 Å². The summed E-state index contributed by atoms with van der Waals surface area (Å²) in [5, 5.41) is 16.9. The monoisotopic (exact) mass is 220 g/mol. The first-order chi connectivity index (χ1) is 6.83. The average Bonchev–Trinajstić information content (AvgIpc) is 2.16. The van der Waals surface area contributed by atoms with Crippen LogP contribution in [0.15, 0.2) is 12.2 Å². The lowest BCUT2D eigenvalue weighted by molar-refractivity contribution is -0.142. The van der Waals surface area contributed by atoms with Gasteiger partial charge < -0.3 is 21.7 Å². The Bertz CT molecular complexity index is 282. The molecule has 0 saturated heterocycles. The molecule has 0 aromatic carbocycles. The second kappa shape index (κ2) is 5.42. The Morgan fingerprint density at radius 3 is 2.33 bits per heavy atom. The van der Waals surface area contributed by atoms with E-state index in [1.165, 1.54) is 0 Å². The predicted octanol–water partition coefficient (Wildman–Crippen LogP) is -0.904. The van der Waals surface area contributed by atoms with Crippen LogP contribution in [0.2, 0.25) is 0 Å². The van der Waals surface area contributed by atoms with E-state index in [-0.39, 0.29) is 6.42 Å². The number of rotatable bonds is 6. The minimum atomic E-state index is -2.11. The summed E-state index contributed by atoms with van der Waals surface area (Å²) in [6.07, 6.45) is 1.94. The Hall–Kier alpha value is -1.47. The molecule has 7 heteroatoms. The van der Waals surface area contributed by atoms with Crippen molar-refractivity contribution in [3.63, 3.8) is 0 Å². The highest BCUT2D eigenvalue weighted by atomic mass is 19.1. The van der Waals surface area contributed by atoms with E-state index in [4.69, 9.17) is 21.7 Å². The molecule has 0 spiro atoms. The maximum absolute atomic E-state index is 12.3. The molecule has 2 unspecified atom stereocenters. The topological polar surface area (TPSA) is 127 Å². The van der Waals surface area contributed by atoms with Gasteiger partial charge in [0.05, 0.1) is 0 Å². The second-order valence-corrected chi connectivity index (χ2v) is 3.06. The zero-order valence-electron chi connectivity index (χ0n) is 7.89. The van der Waals surface area contributed by atoms with Gasteiger partial charge in [0.1, 0.15) is 12.7 Å². The molecule has 0 amide bonds. The zero-order chi connectivity index (χ0) is 12.1. The summed E-state index contributed by atoms with van der Waals surface area (Å²) >= 11 is 0. The minimum Gasteiger partial charge on any atom is -0.480 e. The van der Waals surface area contributed by atoms with Crippen LogP contribution in [0.4, 0.5) is 4.39 Å². The first kappa shape index (κ1) is 13.5. The predicted molar refractivity (Wildman–Crippen MR) is 49.9 cm³/mol. The van der Waals surface area contributed by atoms with Crippen LogP contribution in [0.25, 0.3) is 0 Å². The largest absolute Gasteiger partial charge is 0.480 e. The smallest absolute Gasteiger partial charge is 0.330 e. The summed E-state index contributed by atoms with van der Waals surface area (Å²) in [4.78, 5) is 20.8. The standard InChI is InChI=1S/C8H13FN2O4/c9-4-8(11,7(14)15)3-1-2-5(10)6(12)13/h1,3,5H,2,4,10-11H2,(H,12,13)(H,14,15). The van der Waals surface area contributed by atoms with Crippen LogP contribution in [0.5, 0.6) is 0 Å². The van der Waals surface area contributed by atoms with Crippen molar-refractivity contribution in [3.05, 3.63) is 12.2 Å². The average molecular weight is 220 g/mol. The lowest BCUT2D eigenvalue weighted by atomic mass is 10.0. The Balaban J connectivity index is 4.38. The maximum atomic E-state index is 12.3. The van der Waals surface area contributed by atoms with Crippen LogP contribution in [-0.2, 0) is 9.59 Å². The molecule has 0 saturated carbocycles. The van der Waals surface area contributed by atoms with Gasteiger partial charge in [-0.05, 0) is 6.42 Å². The number of halogens is 1. The fourth-order valence-corrected chi connectivity index (χ4v) is 0.699. The van der Waals surface area contributed by atoms with Gasteiger partial charge in [-0.15, -0.1) is 0 Å². The molecule has 0 heterocycles. The highest BCUT2D eigenvalue weighted by molar-refractivity contribution is 5.81. The molecule has 0 radical (unpaired) electrons. The van der Waals surface area contributed by atoms with E-state index >= 15 is 0 Å². The van der Waals surface area contributed by atoms with Crippen molar-refractivity contribution < 1.29 is 24.2 Å². The van der Waals surface area contributed by atoms with Crippen molar-refractivity contribution in [2.75, 3.05) is 6.67 Å². The molecule has 15 heavy (non-hydrogen) atoms. The molecular formula is C8H13FN2O4. The fraction of sp³-hybridized carbons (Fsp3) is 0.500. The molecular weight excluding hydrogens is 207 g/mol. The highest BCUT2D eigenvalue weighted by Crippen LogP contribution is 2.05. The number of aliphatic carboxylic acids is 2. The first-order valence-electron chi connectivity index (χ1n) is 4.08. The van der Waals surface area contributed by atoms with Crippen LogP contribution < -0.4 is 11.5 Å².